The molecular formula is C21H26FN3O3. The number of halogens is 1. The monoisotopic (exact) mass is 387 g/mol. The molecular weight excluding hydrogens is 361 g/mol. The van der Waals surface area contributed by atoms with E-state index in [1.807, 2.05) is 18.2 Å². The highest BCUT2D eigenvalue weighted by atomic mass is 19.1. The highest BCUT2D eigenvalue weighted by molar-refractivity contribution is 5.90. The van der Waals surface area contributed by atoms with Gasteiger partial charge in [0.1, 0.15) is 11.6 Å². The third-order valence-corrected chi connectivity index (χ3v) is 4.45. The van der Waals surface area contributed by atoms with Gasteiger partial charge in [-0.15, -0.1) is 0 Å². The van der Waals surface area contributed by atoms with Crippen LogP contribution in [-0.2, 0) is 11.3 Å². The Balaban J connectivity index is 1.48. The van der Waals surface area contributed by atoms with Crippen molar-refractivity contribution in [3.63, 3.8) is 0 Å². The number of rotatable bonds is 7. The van der Waals surface area contributed by atoms with E-state index in [0.29, 0.717) is 31.2 Å². The smallest absolute Gasteiger partial charge is 0.319 e. The maximum atomic E-state index is 13.4. The van der Waals surface area contributed by atoms with Gasteiger partial charge in [0.2, 0.25) is 0 Å². The van der Waals surface area contributed by atoms with Crippen molar-refractivity contribution in [2.45, 2.75) is 19.6 Å². The molecule has 1 aliphatic heterocycles. The molecule has 2 aromatic rings. The first-order valence-electron chi connectivity index (χ1n) is 9.49. The zero-order chi connectivity index (χ0) is 19.8. The lowest BCUT2D eigenvalue weighted by Crippen LogP contribution is -2.47. The zero-order valence-corrected chi connectivity index (χ0v) is 16.0. The van der Waals surface area contributed by atoms with E-state index >= 15 is 0 Å². The van der Waals surface area contributed by atoms with Crippen LogP contribution in [0.1, 0.15) is 12.5 Å². The third-order valence-electron chi connectivity index (χ3n) is 4.45. The standard InChI is InChI=1S/C21H26FN3O3/c1-2-27-20-12-17(22)8-9-19(20)24-21(26)23-13-18-15-25(10-11-28-18)14-16-6-4-3-5-7-16/h3-9,12,18H,2,10-11,13-15H2,1H3,(H2,23,24,26). The SMILES string of the molecule is CCOc1cc(F)ccc1NC(=O)NCC1CN(Cc2ccccc2)CCO1. The summed E-state index contributed by atoms with van der Waals surface area (Å²) in [6, 6.07) is 13.9. The van der Waals surface area contributed by atoms with Crippen molar-refractivity contribution in [1.82, 2.24) is 10.2 Å². The molecule has 0 bridgehead atoms. The quantitative estimate of drug-likeness (QED) is 0.766. The molecule has 1 fully saturated rings. The van der Waals surface area contributed by atoms with Crippen molar-refractivity contribution in [2.75, 3.05) is 38.2 Å². The molecule has 0 radical (unpaired) electrons. The summed E-state index contributed by atoms with van der Waals surface area (Å²) in [5.74, 6) is -0.107. The molecule has 0 aliphatic carbocycles. The van der Waals surface area contributed by atoms with Crippen LogP contribution in [0.25, 0.3) is 0 Å². The molecule has 7 heteroatoms. The van der Waals surface area contributed by atoms with E-state index in [1.165, 1.54) is 23.8 Å². The maximum Gasteiger partial charge on any atom is 0.319 e. The molecule has 1 aliphatic rings. The van der Waals surface area contributed by atoms with Crippen molar-refractivity contribution in [3.05, 3.63) is 59.9 Å². The number of carbonyl (C=O) groups excluding carboxylic acids is 1. The number of hydrogen-bond donors (Lipinski definition) is 2. The second-order valence-electron chi connectivity index (χ2n) is 6.62. The first kappa shape index (κ1) is 20.1. The number of amides is 2. The number of benzene rings is 2. The summed E-state index contributed by atoms with van der Waals surface area (Å²) in [5, 5.41) is 5.52. The molecule has 2 amide bonds. The first-order valence-corrected chi connectivity index (χ1v) is 9.49. The molecule has 2 aromatic carbocycles. The summed E-state index contributed by atoms with van der Waals surface area (Å²) in [5.41, 5.74) is 1.68. The fraction of sp³-hybridized carbons (Fsp3) is 0.381. The Hall–Kier alpha value is -2.64. The van der Waals surface area contributed by atoms with Crippen LogP contribution in [-0.4, -0.2) is 49.9 Å². The Kier molecular flexibility index (Phi) is 7.22. The van der Waals surface area contributed by atoms with Gasteiger partial charge in [0.05, 0.1) is 25.0 Å². The van der Waals surface area contributed by atoms with Gasteiger partial charge in [-0.05, 0) is 24.6 Å². The number of urea groups is 1. The van der Waals surface area contributed by atoms with Crippen LogP contribution in [0.4, 0.5) is 14.9 Å². The van der Waals surface area contributed by atoms with Crippen molar-refractivity contribution >= 4 is 11.7 Å². The Morgan fingerprint density at radius 3 is 2.89 bits per heavy atom. The fourth-order valence-corrected chi connectivity index (χ4v) is 3.14. The Labute approximate surface area is 164 Å². The molecule has 6 nitrogen and oxygen atoms in total. The molecule has 1 heterocycles. The molecule has 1 saturated heterocycles. The number of nitrogens with one attached hydrogen (secondary N) is 2. The van der Waals surface area contributed by atoms with Gasteiger partial charge in [-0.3, -0.25) is 4.90 Å². The second kappa shape index (κ2) is 10.1. The van der Waals surface area contributed by atoms with Crippen LogP contribution < -0.4 is 15.4 Å². The minimum Gasteiger partial charge on any atom is -0.492 e. The van der Waals surface area contributed by atoms with Gasteiger partial charge in [0, 0.05) is 32.2 Å². The van der Waals surface area contributed by atoms with E-state index in [9.17, 15) is 9.18 Å². The van der Waals surface area contributed by atoms with Crippen molar-refractivity contribution in [1.29, 1.82) is 0 Å². The van der Waals surface area contributed by atoms with Crippen LogP contribution in [0, 0.1) is 5.82 Å². The summed E-state index contributed by atoms with van der Waals surface area (Å²) in [4.78, 5) is 14.5. The predicted molar refractivity (Wildman–Crippen MR) is 106 cm³/mol. The van der Waals surface area contributed by atoms with E-state index in [0.717, 1.165) is 19.6 Å². The van der Waals surface area contributed by atoms with Gasteiger partial charge < -0.3 is 20.1 Å². The summed E-state index contributed by atoms with van der Waals surface area (Å²) in [7, 11) is 0. The van der Waals surface area contributed by atoms with E-state index < -0.39 is 5.82 Å². The minimum absolute atomic E-state index is 0.0807. The molecule has 1 unspecified atom stereocenters. The van der Waals surface area contributed by atoms with Crippen molar-refractivity contribution in [2.24, 2.45) is 0 Å². The van der Waals surface area contributed by atoms with E-state index in [2.05, 4.69) is 27.7 Å². The fourth-order valence-electron chi connectivity index (χ4n) is 3.14. The largest absolute Gasteiger partial charge is 0.492 e. The lowest BCUT2D eigenvalue weighted by Gasteiger charge is -2.33. The van der Waals surface area contributed by atoms with E-state index in [-0.39, 0.29) is 12.1 Å². The maximum absolute atomic E-state index is 13.4. The van der Waals surface area contributed by atoms with Crippen LogP contribution >= 0.6 is 0 Å². The van der Waals surface area contributed by atoms with Gasteiger partial charge in [0.15, 0.2) is 0 Å². The average molecular weight is 387 g/mol. The minimum atomic E-state index is -0.413. The number of ether oxygens (including phenoxy) is 2. The number of hydrogen-bond acceptors (Lipinski definition) is 4. The van der Waals surface area contributed by atoms with Crippen LogP contribution in [0.5, 0.6) is 5.75 Å². The number of carbonyl (C=O) groups is 1. The molecule has 28 heavy (non-hydrogen) atoms. The topological polar surface area (TPSA) is 62.8 Å². The molecule has 3 rings (SSSR count). The Morgan fingerprint density at radius 1 is 1.29 bits per heavy atom. The molecule has 0 saturated carbocycles. The molecule has 2 N–H and O–H groups in total. The third kappa shape index (κ3) is 5.94. The highest BCUT2D eigenvalue weighted by Gasteiger charge is 2.21. The summed E-state index contributed by atoms with van der Waals surface area (Å²) in [6.07, 6.45) is -0.0807. The molecule has 1 atom stereocenters. The van der Waals surface area contributed by atoms with Gasteiger partial charge in [-0.2, -0.15) is 0 Å². The summed E-state index contributed by atoms with van der Waals surface area (Å²) < 4.78 is 24.5. The van der Waals surface area contributed by atoms with E-state index in [4.69, 9.17) is 9.47 Å². The number of morpholine rings is 1. The Bertz CT molecular complexity index is 773. The Morgan fingerprint density at radius 2 is 2.11 bits per heavy atom. The lowest BCUT2D eigenvalue weighted by molar-refractivity contribution is -0.0285. The summed E-state index contributed by atoms with van der Waals surface area (Å²) >= 11 is 0. The molecule has 0 spiro atoms. The number of nitrogens with zero attached hydrogens (tertiary/aromatic N) is 1. The zero-order valence-electron chi connectivity index (χ0n) is 16.0. The second-order valence-corrected chi connectivity index (χ2v) is 6.62. The highest BCUT2D eigenvalue weighted by Crippen LogP contribution is 2.25. The summed E-state index contributed by atoms with van der Waals surface area (Å²) in [6.45, 7) is 5.68. The van der Waals surface area contributed by atoms with Crippen molar-refractivity contribution in [3.8, 4) is 5.75 Å². The number of anilines is 1. The first-order chi connectivity index (χ1) is 13.6. The molecule has 0 aromatic heterocycles. The van der Waals surface area contributed by atoms with Crippen LogP contribution in [0.15, 0.2) is 48.5 Å². The van der Waals surface area contributed by atoms with Crippen LogP contribution in [0.2, 0.25) is 0 Å². The molecule has 150 valence electrons. The van der Waals surface area contributed by atoms with Gasteiger partial charge >= 0.3 is 6.03 Å². The van der Waals surface area contributed by atoms with E-state index in [1.54, 1.807) is 6.92 Å². The lowest BCUT2D eigenvalue weighted by atomic mass is 10.2. The van der Waals surface area contributed by atoms with Crippen molar-refractivity contribution < 1.29 is 18.7 Å². The van der Waals surface area contributed by atoms with Gasteiger partial charge in [-0.25, -0.2) is 9.18 Å². The normalized spacial score (nSPS) is 17.1. The average Bonchev–Trinajstić information content (AvgIpc) is 2.70. The predicted octanol–water partition coefficient (Wildman–Crippen LogP) is 3.25. The van der Waals surface area contributed by atoms with Crippen LogP contribution in [0.3, 0.4) is 0 Å². The van der Waals surface area contributed by atoms with Gasteiger partial charge in [0.25, 0.3) is 0 Å². The van der Waals surface area contributed by atoms with Gasteiger partial charge in [-0.1, -0.05) is 30.3 Å².